The van der Waals surface area contributed by atoms with Crippen molar-refractivity contribution in [2.75, 3.05) is 14.2 Å². The lowest BCUT2D eigenvalue weighted by Crippen LogP contribution is -2.21. The number of thiophene rings is 1. The van der Waals surface area contributed by atoms with Crippen molar-refractivity contribution in [3.8, 4) is 0 Å². The maximum atomic E-state index is 11.4. The normalized spacial score (nSPS) is 12.7. The van der Waals surface area contributed by atoms with Crippen LogP contribution in [0, 0.1) is 0 Å². The Morgan fingerprint density at radius 3 is 2.90 bits per heavy atom. The van der Waals surface area contributed by atoms with Crippen molar-refractivity contribution >= 4 is 33.2 Å². The van der Waals surface area contributed by atoms with Gasteiger partial charge in [-0.25, -0.2) is 4.79 Å². The molecule has 0 N–H and O–H groups in total. The van der Waals surface area contributed by atoms with E-state index in [0.717, 1.165) is 16.1 Å². The van der Waals surface area contributed by atoms with Gasteiger partial charge in [-0.15, -0.1) is 11.3 Å². The molecule has 0 aromatic carbocycles. The maximum absolute atomic E-state index is 11.4. The van der Waals surface area contributed by atoms with Crippen LogP contribution >= 0.6 is 27.3 Å². The van der Waals surface area contributed by atoms with Crippen LogP contribution in [0.25, 0.3) is 0 Å². The van der Waals surface area contributed by atoms with E-state index >= 15 is 0 Å². The molecule has 0 radical (unpaired) electrons. The molecule has 4 nitrogen and oxygen atoms in total. The largest absolute Gasteiger partial charge is 0.463 e. The van der Waals surface area contributed by atoms with E-state index in [2.05, 4.69) is 37.0 Å². The number of nitrogens with zero attached hydrogens (tertiary/aromatic N) is 1. The predicted molar refractivity (Wildman–Crippen MR) is 81.9 cm³/mol. The van der Waals surface area contributed by atoms with Gasteiger partial charge in [0, 0.05) is 6.54 Å². The van der Waals surface area contributed by atoms with Gasteiger partial charge in [0.05, 0.1) is 16.9 Å². The second kappa shape index (κ2) is 6.56. The van der Waals surface area contributed by atoms with E-state index in [-0.39, 0.29) is 11.8 Å². The van der Waals surface area contributed by atoms with Crippen LogP contribution in [0.15, 0.2) is 31.8 Å². The first kappa shape index (κ1) is 15.3. The smallest absolute Gasteiger partial charge is 0.373 e. The second-order valence-corrected chi connectivity index (χ2v) is 6.83. The number of ether oxygens (including phenoxy) is 1. The Bertz CT molecular complexity index is 593. The highest BCUT2D eigenvalue weighted by molar-refractivity contribution is 9.11. The van der Waals surface area contributed by atoms with Gasteiger partial charge >= 0.3 is 5.97 Å². The highest BCUT2D eigenvalue weighted by Gasteiger charge is 2.18. The minimum atomic E-state index is -0.451. The van der Waals surface area contributed by atoms with E-state index < -0.39 is 5.97 Å². The predicted octanol–water partition coefficient (Wildman–Crippen LogP) is 4.08. The molecule has 108 valence electrons. The van der Waals surface area contributed by atoms with Gasteiger partial charge in [0.2, 0.25) is 5.76 Å². The molecule has 0 aliphatic heterocycles. The van der Waals surface area contributed by atoms with Gasteiger partial charge in [-0.05, 0) is 59.0 Å². The summed E-state index contributed by atoms with van der Waals surface area (Å²) in [6.07, 6.45) is 0. The van der Waals surface area contributed by atoms with Crippen LogP contribution in [0.1, 0.15) is 34.8 Å². The quantitative estimate of drug-likeness (QED) is 0.756. The minimum Gasteiger partial charge on any atom is -0.463 e. The Balaban J connectivity index is 2.04. The molecular formula is C14H16BrNO3S. The third-order valence-electron chi connectivity index (χ3n) is 3.14. The van der Waals surface area contributed by atoms with E-state index in [1.165, 1.54) is 12.7 Å². The monoisotopic (exact) mass is 357 g/mol. The van der Waals surface area contributed by atoms with Gasteiger partial charge in [0.15, 0.2) is 0 Å². The summed E-state index contributed by atoms with van der Waals surface area (Å²) in [7, 11) is 3.37. The molecule has 0 saturated carbocycles. The SMILES string of the molecule is COC(=O)c1ccc(C(C)N(C)Cc2csc(Br)c2)o1. The Hall–Kier alpha value is -1.11. The molecule has 1 unspecified atom stereocenters. The van der Waals surface area contributed by atoms with E-state index in [4.69, 9.17) is 4.42 Å². The average molecular weight is 358 g/mol. The van der Waals surface area contributed by atoms with Crippen LogP contribution in [-0.4, -0.2) is 25.0 Å². The Morgan fingerprint density at radius 1 is 1.55 bits per heavy atom. The maximum Gasteiger partial charge on any atom is 0.373 e. The summed E-state index contributed by atoms with van der Waals surface area (Å²) in [5.41, 5.74) is 1.25. The van der Waals surface area contributed by atoms with Crippen LogP contribution in [0.4, 0.5) is 0 Å². The van der Waals surface area contributed by atoms with Crippen LogP contribution in [0.5, 0.6) is 0 Å². The third kappa shape index (κ3) is 3.50. The zero-order valence-electron chi connectivity index (χ0n) is 11.6. The molecule has 0 aliphatic carbocycles. The summed E-state index contributed by atoms with van der Waals surface area (Å²) in [4.78, 5) is 13.5. The molecular weight excluding hydrogens is 342 g/mol. The molecule has 20 heavy (non-hydrogen) atoms. The molecule has 0 fully saturated rings. The van der Waals surface area contributed by atoms with Crippen molar-refractivity contribution in [1.29, 1.82) is 0 Å². The third-order valence-corrected chi connectivity index (χ3v) is 4.69. The molecule has 1 atom stereocenters. The molecule has 2 heterocycles. The molecule has 0 saturated heterocycles. The number of halogens is 1. The first-order valence-corrected chi connectivity index (χ1v) is 7.79. The number of methoxy groups -OCH3 is 1. The van der Waals surface area contributed by atoms with E-state index in [9.17, 15) is 4.79 Å². The zero-order chi connectivity index (χ0) is 14.7. The van der Waals surface area contributed by atoms with Crippen LogP contribution in [-0.2, 0) is 11.3 Å². The lowest BCUT2D eigenvalue weighted by atomic mass is 10.2. The van der Waals surface area contributed by atoms with E-state index in [1.54, 1.807) is 17.4 Å². The number of carbonyl (C=O) groups is 1. The lowest BCUT2D eigenvalue weighted by molar-refractivity contribution is 0.0559. The highest BCUT2D eigenvalue weighted by atomic mass is 79.9. The summed E-state index contributed by atoms with van der Waals surface area (Å²) in [5.74, 6) is 0.538. The van der Waals surface area contributed by atoms with Gasteiger partial charge in [-0.1, -0.05) is 0 Å². The summed E-state index contributed by atoms with van der Waals surface area (Å²) in [6, 6.07) is 5.64. The van der Waals surface area contributed by atoms with Crippen molar-refractivity contribution in [2.24, 2.45) is 0 Å². The number of carbonyl (C=O) groups excluding carboxylic acids is 1. The zero-order valence-corrected chi connectivity index (χ0v) is 14.0. The number of hydrogen-bond acceptors (Lipinski definition) is 5. The fourth-order valence-electron chi connectivity index (χ4n) is 1.86. The van der Waals surface area contributed by atoms with Gasteiger partial charge in [0.1, 0.15) is 5.76 Å². The van der Waals surface area contributed by atoms with Crippen molar-refractivity contribution < 1.29 is 13.9 Å². The average Bonchev–Trinajstić information content (AvgIpc) is 3.06. The van der Waals surface area contributed by atoms with Gasteiger partial charge in [-0.3, -0.25) is 4.90 Å². The second-order valence-electron chi connectivity index (χ2n) is 4.54. The number of hydrogen-bond donors (Lipinski definition) is 0. The number of rotatable bonds is 5. The van der Waals surface area contributed by atoms with E-state index in [0.29, 0.717) is 0 Å². The Labute approximate surface area is 130 Å². The lowest BCUT2D eigenvalue weighted by Gasteiger charge is -2.22. The van der Waals surface area contributed by atoms with Crippen LogP contribution < -0.4 is 0 Å². The highest BCUT2D eigenvalue weighted by Crippen LogP contribution is 2.26. The minimum absolute atomic E-state index is 0.0760. The van der Waals surface area contributed by atoms with Crippen molar-refractivity contribution in [3.05, 3.63) is 44.4 Å². The first-order valence-electron chi connectivity index (χ1n) is 6.12. The molecule has 2 aromatic heterocycles. The molecule has 0 aliphatic rings. The van der Waals surface area contributed by atoms with Gasteiger partial charge in [-0.2, -0.15) is 0 Å². The number of esters is 1. The van der Waals surface area contributed by atoms with Crippen molar-refractivity contribution in [2.45, 2.75) is 19.5 Å². The first-order chi connectivity index (χ1) is 9.51. The Morgan fingerprint density at radius 2 is 2.30 bits per heavy atom. The van der Waals surface area contributed by atoms with Crippen LogP contribution in [0.3, 0.4) is 0 Å². The number of furan rings is 1. The fourth-order valence-corrected chi connectivity index (χ4v) is 3.06. The summed E-state index contributed by atoms with van der Waals surface area (Å²) >= 11 is 5.13. The van der Waals surface area contributed by atoms with Gasteiger partial charge in [0.25, 0.3) is 0 Å². The molecule has 0 amide bonds. The van der Waals surface area contributed by atoms with Crippen molar-refractivity contribution in [3.63, 3.8) is 0 Å². The summed E-state index contributed by atoms with van der Waals surface area (Å²) in [5, 5.41) is 2.12. The Kier molecular flexibility index (Phi) is 5.01. The van der Waals surface area contributed by atoms with Gasteiger partial charge < -0.3 is 9.15 Å². The molecule has 6 heteroatoms. The fraction of sp³-hybridized carbons (Fsp3) is 0.357. The molecule has 2 aromatic rings. The topological polar surface area (TPSA) is 42.7 Å². The summed E-state index contributed by atoms with van der Waals surface area (Å²) in [6.45, 7) is 2.86. The van der Waals surface area contributed by atoms with E-state index in [1.807, 2.05) is 20.0 Å². The molecule has 0 bridgehead atoms. The standard InChI is InChI=1S/C14H16BrNO3S/c1-9(11-4-5-12(19-11)14(17)18-3)16(2)7-10-6-13(15)20-8-10/h4-6,8-9H,7H2,1-3H3. The van der Waals surface area contributed by atoms with Crippen molar-refractivity contribution in [1.82, 2.24) is 4.90 Å². The molecule has 0 spiro atoms. The van der Waals surface area contributed by atoms with Crippen LogP contribution in [0.2, 0.25) is 0 Å². The summed E-state index contributed by atoms with van der Waals surface area (Å²) < 4.78 is 11.3. The molecule has 2 rings (SSSR count).